The first-order valence-corrected chi connectivity index (χ1v) is 7.22. The highest BCUT2D eigenvalue weighted by Crippen LogP contribution is 2.47. The molecule has 2 heteroatoms. The van der Waals surface area contributed by atoms with E-state index in [9.17, 15) is 0 Å². The second kappa shape index (κ2) is 6.24. The van der Waals surface area contributed by atoms with Gasteiger partial charge in [-0.1, -0.05) is 26.0 Å². The van der Waals surface area contributed by atoms with Crippen LogP contribution in [-0.4, -0.2) is 13.2 Å². The Morgan fingerprint density at radius 1 is 1.39 bits per heavy atom. The molecule has 1 saturated carbocycles. The van der Waals surface area contributed by atoms with Crippen molar-refractivity contribution in [2.24, 2.45) is 11.8 Å². The Bertz CT molecular complexity index is 377. The van der Waals surface area contributed by atoms with Crippen molar-refractivity contribution in [3.63, 3.8) is 0 Å². The van der Waals surface area contributed by atoms with Crippen molar-refractivity contribution >= 4 is 0 Å². The molecule has 1 aromatic carbocycles. The fourth-order valence-electron chi connectivity index (χ4n) is 2.60. The molecule has 1 aromatic rings. The summed E-state index contributed by atoms with van der Waals surface area (Å²) in [6, 6.07) is 9.07. The highest BCUT2D eigenvalue weighted by atomic mass is 16.5. The second-order valence-corrected chi connectivity index (χ2v) is 5.31. The van der Waals surface area contributed by atoms with Gasteiger partial charge in [0.15, 0.2) is 0 Å². The van der Waals surface area contributed by atoms with E-state index in [1.54, 1.807) is 0 Å². The highest BCUT2D eigenvalue weighted by Gasteiger charge is 2.39. The highest BCUT2D eigenvalue weighted by molar-refractivity contribution is 5.31. The zero-order valence-corrected chi connectivity index (χ0v) is 11.8. The van der Waals surface area contributed by atoms with Crippen molar-refractivity contribution < 1.29 is 4.74 Å². The van der Waals surface area contributed by atoms with Gasteiger partial charge in [-0.3, -0.25) is 0 Å². The molecule has 0 amide bonds. The molecule has 0 aliphatic heterocycles. The lowest BCUT2D eigenvalue weighted by Gasteiger charge is -2.20. The van der Waals surface area contributed by atoms with E-state index in [1.807, 2.05) is 13.0 Å². The monoisotopic (exact) mass is 247 g/mol. The van der Waals surface area contributed by atoms with E-state index >= 15 is 0 Å². The number of hydrogen-bond donors (Lipinski definition) is 1. The third-order valence-electron chi connectivity index (χ3n) is 3.74. The molecular formula is C16H25NO. The predicted molar refractivity (Wildman–Crippen MR) is 75.9 cm³/mol. The van der Waals surface area contributed by atoms with Crippen LogP contribution in [0.3, 0.4) is 0 Å². The van der Waals surface area contributed by atoms with E-state index in [0.717, 1.165) is 30.7 Å². The van der Waals surface area contributed by atoms with Crippen LogP contribution in [0.5, 0.6) is 5.75 Å². The lowest BCUT2D eigenvalue weighted by atomic mass is 10.0. The molecule has 1 aliphatic carbocycles. The van der Waals surface area contributed by atoms with Crippen LogP contribution in [0.2, 0.25) is 0 Å². The first-order valence-electron chi connectivity index (χ1n) is 7.22. The van der Waals surface area contributed by atoms with Gasteiger partial charge in [0.1, 0.15) is 5.75 Å². The van der Waals surface area contributed by atoms with E-state index < -0.39 is 0 Å². The van der Waals surface area contributed by atoms with Crippen molar-refractivity contribution in [3.05, 3.63) is 29.8 Å². The summed E-state index contributed by atoms with van der Waals surface area (Å²) in [5.74, 6) is 2.65. The minimum atomic E-state index is 0.500. The zero-order valence-electron chi connectivity index (χ0n) is 11.8. The summed E-state index contributed by atoms with van der Waals surface area (Å²) in [4.78, 5) is 0. The van der Waals surface area contributed by atoms with Gasteiger partial charge in [-0.05, 0) is 55.8 Å². The first kappa shape index (κ1) is 13.4. The largest absolute Gasteiger partial charge is 0.494 e. The van der Waals surface area contributed by atoms with Crippen molar-refractivity contribution in [3.8, 4) is 5.75 Å². The standard InChI is InChI=1S/C16H25NO/c1-4-9-17-16(15-10-12(15)3)13-7-6-8-14(11-13)18-5-2/h6-8,11-12,15-17H,4-5,9-10H2,1-3H3. The molecule has 0 aromatic heterocycles. The normalized spacial score (nSPS) is 23.7. The molecule has 1 aliphatic rings. The van der Waals surface area contributed by atoms with Gasteiger partial charge < -0.3 is 10.1 Å². The van der Waals surface area contributed by atoms with E-state index in [1.165, 1.54) is 18.4 Å². The molecule has 100 valence electrons. The molecule has 2 rings (SSSR count). The summed E-state index contributed by atoms with van der Waals surface area (Å²) >= 11 is 0. The summed E-state index contributed by atoms with van der Waals surface area (Å²) in [6.07, 6.45) is 2.53. The van der Waals surface area contributed by atoms with Gasteiger partial charge in [0.25, 0.3) is 0 Å². The van der Waals surface area contributed by atoms with E-state index in [0.29, 0.717) is 6.04 Å². The molecule has 1 N–H and O–H groups in total. The summed E-state index contributed by atoms with van der Waals surface area (Å²) in [7, 11) is 0. The van der Waals surface area contributed by atoms with Gasteiger partial charge >= 0.3 is 0 Å². The quantitative estimate of drug-likeness (QED) is 0.791. The Morgan fingerprint density at radius 3 is 2.78 bits per heavy atom. The lowest BCUT2D eigenvalue weighted by molar-refractivity contribution is 0.339. The number of ether oxygens (including phenoxy) is 1. The molecule has 18 heavy (non-hydrogen) atoms. The number of rotatable bonds is 7. The van der Waals surface area contributed by atoms with Crippen molar-refractivity contribution in [1.82, 2.24) is 5.32 Å². The summed E-state index contributed by atoms with van der Waals surface area (Å²) < 4.78 is 5.60. The maximum Gasteiger partial charge on any atom is 0.119 e. The number of benzene rings is 1. The van der Waals surface area contributed by atoms with E-state index in [-0.39, 0.29) is 0 Å². The average molecular weight is 247 g/mol. The van der Waals surface area contributed by atoms with Crippen molar-refractivity contribution in [2.75, 3.05) is 13.2 Å². The second-order valence-electron chi connectivity index (χ2n) is 5.31. The Morgan fingerprint density at radius 2 is 2.17 bits per heavy atom. The van der Waals surface area contributed by atoms with Gasteiger partial charge in [-0.15, -0.1) is 0 Å². The van der Waals surface area contributed by atoms with Crippen LogP contribution in [0.4, 0.5) is 0 Å². The van der Waals surface area contributed by atoms with Crippen LogP contribution >= 0.6 is 0 Å². The topological polar surface area (TPSA) is 21.3 Å². The van der Waals surface area contributed by atoms with Gasteiger partial charge in [0, 0.05) is 6.04 Å². The predicted octanol–water partition coefficient (Wildman–Crippen LogP) is 3.78. The third kappa shape index (κ3) is 3.26. The zero-order chi connectivity index (χ0) is 13.0. The number of nitrogens with one attached hydrogen (secondary N) is 1. The van der Waals surface area contributed by atoms with Crippen LogP contribution in [-0.2, 0) is 0 Å². The van der Waals surface area contributed by atoms with Crippen molar-refractivity contribution in [2.45, 2.75) is 39.7 Å². The molecule has 1 fully saturated rings. The van der Waals surface area contributed by atoms with Gasteiger partial charge in [-0.25, -0.2) is 0 Å². The Labute approximate surface area is 111 Å². The fourth-order valence-corrected chi connectivity index (χ4v) is 2.60. The SMILES string of the molecule is CCCNC(c1cccc(OCC)c1)C1CC1C. The molecule has 3 atom stereocenters. The molecule has 0 saturated heterocycles. The first-order chi connectivity index (χ1) is 8.76. The smallest absolute Gasteiger partial charge is 0.119 e. The molecule has 0 radical (unpaired) electrons. The average Bonchev–Trinajstić information content (AvgIpc) is 3.08. The lowest BCUT2D eigenvalue weighted by Crippen LogP contribution is -2.24. The van der Waals surface area contributed by atoms with Gasteiger partial charge in [-0.2, -0.15) is 0 Å². The summed E-state index contributed by atoms with van der Waals surface area (Å²) in [5, 5.41) is 3.69. The Kier molecular flexibility index (Phi) is 4.65. The third-order valence-corrected chi connectivity index (χ3v) is 3.74. The molecule has 3 unspecified atom stereocenters. The summed E-state index contributed by atoms with van der Waals surface area (Å²) in [5.41, 5.74) is 1.38. The van der Waals surface area contributed by atoms with Crippen molar-refractivity contribution in [1.29, 1.82) is 0 Å². The minimum absolute atomic E-state index is 0.500. The maximum absolute atomic E-state index is 5.60. The molecule has 0 spiro atoms. The van der Waals surface area contributed by atoms with Crippen LogP contribution in [0, 0.1) is 11.8 Å². The van der Waals surface area contributed by atoms with Crippen LogP contribution < -0.4 is 10.1 Å². The van der Waals surface area contributed by atoms with Gasteiger partial charge in [0.05, 0.1) is 6.61 Å². The Hall–Kier alpha value is -1.02. The fraction of sp³-hybridized carbons (Fsp3) is 0.625. The maximum atomic E-state index is 5.60. The van der Waals surface area contributed by atoms with Crippen LogP contribution in [0.15, 0.2) is 24.3 Å². The summed E-state index contributed by atoms with van der Waals surface area (Å²) in [6.45, 7) is 8.42. The van der Waals surface area contributed by atoms with Crippen LogP contribution in [0.25, 0.3) is 0 Å². The number of hydrogen-bond acceptors (Lipinski definition) is 2. The van der Waals surface area contributed by atoms with Gasteiger partial charge in [0.2, 0.25) is 0 Å². The minimum Gasteiger partial charge on any atom is -0.494 e. The molecule has 0 bridgehead atoms. The van der Waals surface area contributed by atoms with E-state index in [4.69, 9.17) is 4.74 Å². The molecule has 0 heterocycles. The molecular weight excluding hydrogens is 222 g/mol. The van der Waals surface area contributed by atoms with Crippen LogP contribution in [0.1, 0.15) is 45.2 Å². The Balaban J connectivity index is 2.11. The van der Waals surface area contributed by atoms with E-state index in [2.05, 4.69) is 37.4 Å². The molecule has 2 nitrogen and oxygen atoms in total.